The molecule has 0 radical (unpaired) electrons. The Morgan fingerprint density at radius 1 is 1.12 bits per heavy atom. The van der Waals surface area contributed by atoms with Gasteiger partial charge in [0.25, 0.3) is 0 Å². The van der Waals surface area contributed by atoms with Crippen LogP contribution in [0.4, 0.5) is 0 Å². The molecular formula is C14H14O2. The Labute approximate surface area is 94.8 Å². The molecule has 0 aliphatic carbocycles. The van der Waals surface area contributed by atoms with Gasteiger partial charge in [-0.25, -0.2) is 0 Å². The van der Waals surface area contributed by atoms with E-state index >= 15 is 0 Å². The predicted molar refractivity (Wildman–Crippen MR) is 64.7 cm³/mol. The number of carbonyl (C=O) groups is 1. The van der Waals surface area contributed by atoms with Gasteiger partial charge in [0.1, 0.15) is 0 Å². The highest BCUT2D eigenvalue weighted by Gasteiger charge is 2.01. The summed E-state index contributed by atoms with van der Waals surface area (Å²) < 4.78 is 5.08. The van der Waals surface area contributed by atoms with Gasteiger partial charge in [-0.15, -0.1) is 0 Å². The molecule has 2 heteroatoms. The minimum Gasteiger partial charge on any atom is -0.380 e. The van der Waals surface area contributed by atoms with Crippen LogP contribution in [0.25, 0.3) is 10.8 Å². The number of rotatable bonds is 3. The number of ketones is 1. The van der Waals surface area contributed by atoms with E-state index in [2.05, 4.69) is 6.07 Å². The number of methoxy groups -OCH3 is 1. The fourth-order valence-electron chi connectivity index (χ4n) is 1.77. The number of Topliss-reactive ketones (excluding diaryl/α,β-unsaturated/α-hetero) is 1. The molecule has 2 aromatic carbocycles. The summed E-state index contributed by atoms with van der Waals surface area (Å²) in [5.41, 5.74) is 1.90. The van der Waals surface area contributed by atoms with Gasteiger partial charge < -0.3 is 4.74 Å². The van der Waals surface area contributed by atoms with Crippen molar-refractivity contribution in [1.82, 2.24) is 0 Å². The third-order valence-corrected chi connectivity index (χ3v) is 2.62. The molecule has 16 heavy (non-hydrogen) atoms. The molecule has 2 aromatic rings. The maximum Gasteiger partial charge on any atom is 0.159 e. The summed E-state index contributed by atoms with van der Waals surface area (Å²) in [6.07, 6.45) is 0. The third-order valence-electron chi connectivity index (χ3n) is 2.62. The van der Waals surface area contributed by atoms with Crippen LogP contribution in [-0.2, 0) is 11.3 Å². The van der Waals surface area contributed by atoms with Crippen LogP contribution in [0.1, 0.15) is 22.8 Å². The van der Waals surface area contributed by atoms with Gasteiger partial charge in [0.15, 0.2) is 5.78 Å². The van der Waals surface area contributed by atoms with Crippen molar-refractivity contribution in [2.45, 2.75) is 13.5 Å². The summed E-state index contributed by atoms with van der Waals surface area (Å²) in [4.78, 5) is 11.2. The molecule has 0 bridgehead atoms. The molecule has 0 saturated heterocycles. The lowest BCUT2D eigenvalue weighted by Crippen LogP contribution is -1.92. The van der Waals surface area contributed by atoms with Crippen molar-refractivity contribution < 1.29 is 9.53 Å². The van der Waals surface area contributed by atoms with E-state index in [1.165, 1.54) is 0 Å². The second kappa shape index (κ2) is 4.45. The Kier molecular flexibility index (Phi) is 3.02. The molecule has 0 heterocycles. The zero-order valence-electron chi connectivity index (χ0n) is 9.49. The summed E-state index contributed by atoms with van der Waals surface area (Å²) in [6, 6.07) is 11.9. The second-order valence-corrected chi connectivity index (χ2v) is 3.89. The van der Waals surface area contributed by atoms with E-state index in [0.29, 0.717) is 6.61 Å². The van der Waals surface area contributed by atoms with Crippen LogP contribution in [0.15, 0.2) is 36.4 Å². The van der Waals surface area contributed by atoms with E-state index in [-0.39, 0.29) is 5.78 Å². The lowest BCUT2D eigenvalue weighted by atomic mass is 10.0. The number of hydrogen-bond donors (Lipinski definition) is 0. The van der Waals surface area contributed by atoms with E-state index in [1.54, 1.807) is 14.0 Å². The summed E-state index contributed by atoms with van der Waals surface area (Å²) in [5.74, 6) is 0.0999. The molecule has 0 amide bonds. The van der Waals surface area contributed by atoms with Crippen LogP contribution >= 0.6 is 0 Å². The van der Waals surface area contributed by atoms with Crippen molar-refractivity contribution >= 4 is 16.6 Å². The summed E-state index contributed by atoms with van der Waals surface area (Å²) >= 11 is 0. The van der Waals surface area contributed by atoms with Crippen molar-refractivity contribution in [3.05, 3.63) is 47.5 Å². The van der Waals surface area contributed by atoms with Crippen LogP contribution < -0.4 is 0 Å². The van der Waals surface area contributed by atoms with Gasteiger partial charge in [-0.05, 0) is 35.4 Å². The topological polar surface area (TPSA) is 26.3 Å². The smallest absolute Gasteiger partial charge is 0.159 e. The first-order valence-corrected chi connectivity index (χ1v) is 5.23. The Hall–Kier alpha value is -1.67. The van der Waals surface area contributed by atoms with Crippen molar-refractivity contribution in [2.75, 3.05) is 7.11 Å². The summed E-state index contributed by atoms with van der Waals surface area (Å²) in [5, 5.41) is 2.23. The minimum atomic E-state index is 0.0999. The van der Waals surface area contributed by atoms with Crippen molar-refractivity contribution in [2.24, 2.45) is 0 Å². The average Bonchev–Trinajstić information content (AvgIpc) is 2.28. The first kappa shape index (κ1) is 10.8. The molecular weight excluding hydrogens is 200 g/mol. The highest BCUT2D eigenvalue weighted by atomic mass is 16.5. The number of fused-ring (bicyclic) bond motifs is 1. The quantitative estimate of drug-likeness (QED) is 0.733. The highest BCUT2D eigenvalue weighted by molar-refractivity contribution is 5.98. The van der Waals surface area contributed by atoms with Gasteiger partial charge in [-0.2, -0.15) is 0 Å². The fourth-order valence-corrected chi connectivity index (χ4v) is 1.77. The lowest BCUT2D eigenvalue weighted by molar-refractivity contribution is 0.101. The Balaban J connectivity index is 2.48. The third kappa shape index (κ3) is 2.12. The molecule has 0 spiro atoms. The van der Waals surface area contributed by atoms with Gasteiger partial charge in [0, 0.05) is 12.7 Å². The summed E-state index contributed by atoms with van der Waals surface area (Å²) in [7, 11) is 1.68. The highest BCUT2D eigenvalue weighted by Crippen LogP contribution is 2.18. The zero-order chi connectivity index (χ0) is 11.5. The second-order valence-electron chi connectivity index (χ2n) is 3.89. The van der Waals surface area contributed by atoms with Crippen molar-refractivity contribution in [3.63, 3.8) is 0 Å². The first-order valence-electron chi connectivity index (χ1n) is 5.23. The number of benzene rings is 2. The van der Waals surface area contributed by atoms with Gasteiger partial charge in [0.05, 0.1) is 6.61 Å². The molecule has 0 atom stereocenters. The molecule has 0 aliphatic rings. The lowest BCUT2D eigenvalue weighted by Gasteiger charge is -2.04. The van der Waals surface area contributed by atoms with E-state index in [4.69, 9.17) is 4.74 Å². The Morgan fingerprint density at radius 2 is 1.81 bits per heavy atom. The number of ether oxygens (including phenoxy) is 1. The molecule has 2 rings (SSSR count). The Bertz CT molecular complexity index is 529. The molecule has 0 unspecified atom stereocenters. The molecule has 0 saturated carbocycles. The molecule has 0 fully saturated rings. The first-order chi connectivity index (χ1) is 7.70. The van der Waals surface area contributed by atoms with E-state index < -0.39 is 0 Å². The SMILES string of the molecule is COCc1ccc2cc(C(C)=O)ccc2c1. The van der Waals surface area contributed by atoms with Crippen LogP contribution in [0.3, 0.4) is 0 Å². The molecule has 82 valence electrons. The maximum atomic E-state index is 11.2. The average molecular weight is 214 g/mol. The number of carbonyl (C=O) groups excluding carboxylic acids is 1. The van der Waals surface area contributed by atoms with Crippen LogP contribution in [0.2, 0.25) is 0 Å². The predicted octanol–water partition coefficient (Wildman–Crippen LogP) is 3.19. The molecule has 2 nitrogen and oxygen atoms in total. The van der Waals surface area contributed by atoms with Gasteiger partial charge >= 0.3 is 0 Å². The normalized spacial score (nSPS) is 10.6. The minimum absolute atomic E-state index is 0.0999. The molecule has 0 aliphatic heterocycles. The Morgan fingerprint density at radius 3 is 2.50 bits per heavy atom. The van der Waals surface area contributed by atoms with E-state index in [0.717, 1.165) is 21.9 Å². The van der Waals surface area contributed by atoms with Gasteiger partial charge in [-0.1, -0.05) is 24.3 Å². The van der Waals surface area contributed by atoms with Crippen molar-refractivity contribution in [3.8, 4) is 0 Å². The standard InChI is InChI=1S/C14H14O2/c1-10(15)12-5-6-13-7-11(9-16-2)3-4-14(13)8-12/h3-8H,9H2,1-2H3. The van der Waals surface area contributed by atoms with Crippen molar-refractivity contribution in [1.29, 1.82) is 0 Å². The monoisotopic (exact) mass is 214 g/mol. The van der Waals surface area contributed by atoms with Crippen LogP contribution in [-0.4, -0.2) is 12.9 Å². The molecule has 0 N–H and O–H groups in total. The summed E-state index contributed by atoms with van der Waals surface area (Å²) in [6.45, 7) is 2.20. The van der Waals surface area contributed by atoms with Crippen LogP contribution in [0.5, 0.6) is 0 Å². The largest absolute Gasteiger partial charge is 0.380 e. The molecule has 0 aromatic heterocycles. The fraction of sp³-hybridized carbons (Fsp3) is 0.214. The van der Waals surface area contributed by atoms with Crippen LogP contribution in [0, 0.1) is 0 Å². The van der Waals surface area contributed by atoms with Gasteiger partial charge in [-0.3, -0.25) is 4.79 Å². The van der Waals surface area contributed by atoms with Gasteiger partial charge in [0.2, 0.25) is 0 Å². The maximum absolute atomic E-state index is 11.2. The zero-order valence-corrected chi connectivity index (χ0v) is 9.49. The van der Waals surface area contributed by atoms with E-state index in [9.17, 15) is 4.79 Å². The number of hydrogen-bond acceptors (Lipinski definition) is 2. The van der Waals surface area contributed by atoms with E-state index in [1.807, 2.05) is 30.3 Å².